The Labute approximate surface area is 198 Å². The highest BCUT2D eigenvalue weighted by Gasteiger charge is 2.67. The van der Waals surface area contributed by atoms with Gasteiger partial charge in [0.1, 0.15) is 0 Å². The first-order valence-corrected chi connectivity index (χ1v) is 13.4. The van der Waals surface area contributed by atoms with Crippen molar-refractivity contribution >= 4 is 5.97 Å². The van der Waals surface area contributed by atoms with Crippen molar-refractivity contribution < 1.29 is 30.3 Å². The molecule has 0 aromatic heterocycles. The average Bonchev–Trinajstić information content (AvgIpc) is 3.09. The van der Waals surface area contributed by atoms with Crippen LogP contribution >= 0.6 is 0 Å². The van der Waals surface area contributed by atoms with Crippen LogP contribution in [-0.4, -0.2) is 55.9 Å². The lowest BCUT2D eigenvalue weighted by Crippen LogP contribution is -2.65. The molecule has 6 nitrogen and oxygen atoms in total. The molecule has 5 N–H and O–H groups in total. The van der Waals surface area contributed by atoms with Crippen LogP contribution in [-0.2, 0) is 4.79 Å². The molecule has 190 valence electrons. The summed E-state index contributed by atoms with van der Waals surface area (Å²) in [5, 5.41) is 53.5. The van der Waals surface area contributed by atoms with Gasteiger partial charge < -0.3 is 25.5 Å². The number of hydrogen-bond acceptors (Lipinski definition) is 5. The van der Waals surface area contributed by atoms with Crippen LogP contribution < -0.4 is 0 Å². The van der Waals surface area contributed by atoms with E-state index >= 15 is 0 Å². The van der Waals surface area contributed by atoms with Gasteiger partial charge in [-0.3, -0.25) is 4.79 Å². The van der Waals surface area contributed by atoms with Crippen molar-refractivity contribution in [2.24, 2.45) is 52.3 Å². The Hall–Kier alpha value is -0.690. The zero-order valence-corrected chi connectivity index (χ0v) is 20.9. The highest BCUT2D eigenvalue weighted by atomic mass is 16.4. The van der Waals surface area contributed by atoms with Crippen LogP contribution in [0.25, 0.3) is 0 Å². The number of aliphatic hydroxyl groups is 4. The lowest BCUT2D eigenvalue weighted by Gasteiger charge is -2.64. The van der Waals surface area contributed by atoms with Gasteiger partial charge in [0.05, 0.1) is 30.3 Å². The first-order chi connectivity index (χ1) is 15.4. The molecule has 4 aliphatic rings. The van der Waals surface area contributed by atoms with Gasteiger partial charge >= 0.3 is 5.97 Å². The molecule has 0 aliphatic heterocycles. The number of fused-ring (bicyclic) bond motifs is 5. The zero-order valence-electron chi connectivity index (χ0n) is 20.9. The van der Waals surface area contributed by atoms with Crippen molar-refractivity contribution in [3.63, 3.8) is 0 Å². The summed E-state index contributed by atoms with van der Waals surface area (Å²) >= 11 is 0. The monoisotopic (exact) mass is 466 g/mol. The topological polar surface area (TPSA) is 118 Å². The van der Waals surface area contributed by atoms with Crippen LogP contribution in [0.15, 0.2) is 0 Å². The third-order valence-electron chi connectivity index (χ3n) is 11.3. The summed E-state index contributed by atoms with van der Waals surface area (Å²) in [6.07, 6.45) is 4.76. The molecule has 6 heteroatoms. The van der Waals surface area contributed by atoms with Gasteiger partial charge in [-0.15, -0.1) is 0 Å². The molecule has 0 saturated heterocycles. The number of aliphatic carboxylic acids is 1. The van der Waals surface area contributed by atoms with Crippen molar-refractivity contribution in [2.45, 2.75) is 110 Å². The SMILES string of the molecule is C[C@H](CCC[C@@H](C)[C@H]1CC[C@H]2[C@@H]3[C@H](O)C[C@H]4C[C@H](O)C[C@@H](O)[C@]4(C)[C@H]3C[C@H](O)[C@]12C)C(=O)O. The van der Waals surface area contributed by atoms with Crippen LogP contribution in [0, 0.1) is 52.3 Å². The normalized spacial score (nSPS) is 51.2. The Kier molecular flexibility index (Phi) is 6.98. The molecule has 13 atom stereocenters. The van der Waals surface area contributed by atoms with Gasteiger partial charge in [0, 0.05) is 0 Å². The van der Waals surface area contributed by atoms with E-state index in [0.29, 0.717) is 43.9 Å². The van der Waals surface area contributed by atoms with Crippen molar-refractivity contribution in [1.82, 2.24) is 0 Å². The second kappa shape index (κ2) is 9.07. The zero-order chi connectivity index (χ0) is 24.3. The largest absolute Gasteiger partial charge is 0.481 e. The van der Waals surface area contributed by atoms with Crippen LogP contribution in [0.2, 0.25) is 0 Å². The molecule has 0 amide bonds. The third-order valence-corrected chi connectivity index (χ3v) is 11.3. The number of aliphatic hydroxyl groups excluding tert-OH is 4. The van der Waals surface area contributed by atoms with Crippen molar-refractivity contribution in [1.29, 1.82) is 0 Å². The fourth-order valence-corrected chi connectivity index (χ4v) is 9.27. The van der Waals surface area contributed by atoms with Gasteiger partial charge in [0.2, 0.25) is 0 Å². The molecule has 0 spiro atoms. The number of hydrogen-bond donors (Lipinski definition) is 5. The van der Waals surface area contributed by atoms with Crippen LogP contribution in [0.1, 0.15) is 85.5 Å². The lowest BCUT2D eigenvalue weighted by molar-refractivity contribution is -0.234. The summed E-state index contributed by atoms with van der Waals surface area (Å²) < 4.78 is 0. The molecular formula is C27H46O6. The minimum atomic E-state index is -0.736. The Morgan fingerprint density at radius 3 is 2.21 bits per heavy atom. The smallest absolute Gasteiger partial charge is 0.306 e. The molecule has 4 rings (SSSR count). The minimum Gasteiger partial charge on any atom is -0.481 e. The molecule has 0 bridgehead atoms. The van der Waals surface area contributed by atoms with Crippen molar-refractivity contribution in [2.75, 3.05) is 0 Å². The molecule has 0 aromatic carbocycles. The van der Waals surface area contributed by atoms with E-state index in [-0.39, 0.29) is 40.4 Å². The molecular weight excluding hydrogens is 420 g/mol. The van der Waals surface area contributed by atoms with Gasteiger partial charge in [0.15, 0.2) is 0 Å². The maximum Gasteiger partial charge on any atom is 0.306 e. The summed E-state index contributed by atoms with van der Waals surface area (Å²) in [4.78, 5) is 11.2. The number of carbonyl (C=O) groups is 1. The van der Waals surface area contributed by atoms with Crippen LogP contribution in [0.3, 0.4) is 0 Å². The number of carboxylic acid groups (broad SMARTS) is 1. The summed E-state index contributed by atoms with van der Waals surface area (Å²) in [5.41, 5.74) is -0.635. The van der Waals surface area contributed by atoms with E-state index in [2.05, 4.69) is 20.8 Å². The molecule has 0 aromatic rings. The summed E-state index contributed by atoms with van der Waals surface area (Å²) in [5.74, 6) is 0.137. The quantitative estimate of drug-likeness (QED) is 0.409. The average molecular weight is 467 g/mol. The number of carboxylic acids is 1. The van der Waals surface area contributed by atoms with Gasteiger partial charge in [-0.05, 0) is 91.3 Å². The van der Waals surface area contributed by atoms with Crippen molar-refractivity contribution in [3.8, 4) is 0 Å². The van der Waals surface area contributed by atoms with E-state index in [0.717, 1.165) is 25.7 Å². The fraction of sp³-hybridized carbons (Fsp3) is 0.963. The maximum atomic E-state index is 11.6. The first kappa shape index (κ1) is 25.4. The first-order valence-electron chi connectivity index (χ1n) is 13.4. The predicted molar refractivity (Wildman–Crippen MR) is 125 cm³/mol. The van der Waals surface area contributed by atoms with E-state index in [1.165, 1.54) is 0 Å². The summed E-state index contributed by atoms with van der Waals surface area (Å²) in [7, 11) is 0. The molecule has 4 saturated carbocycles. The molecule has 4 aliphatic carbocycles. The molecule has 4 fully saturated rings. The fourth-order valence-electron chi connectivity index (χ4n) is 9.27. The Morgan fingerprint density at radius 2 is 1.55 bits per heavy atom. The van der Waals surface area contributed by atoms with Crippen LogP contribution in [0.4, 0.5) is 0 Å². The molecule has 33 heavy (non-hydrogen) atoms. The molecule has 0 radical (unpaired) electrons. The highest BCUT2D eigenvalue weighted by molar-refractivity contribution is 5.69. The lowest BCUT2D eigenvalue weighted by atomic mass is 9.42. The second-order valence-electron chi connectivity index (χ2n) is 12.7. The van der Waals surface area contributed by atoms with E-state index in [1.807, 2.05) is 0 Å². The Bertz CT molecular complexity index is 727. The van der Waals surface area contributed by atoms with E-state index in [9.17, 15) is 30.3 Å². The third kappa shape index (κ3) is 3.97. The van der Waals surface area contributed by atoms with Gasteiger partial charge in [-0.2, -0.15) is 0 Å². The molecule has 0 unspecified atom stereocenters. The Balaban J connectivity index is 1.53. The summed E-state index contributed by atoms with van der Waals surface area (Å²) in [6, 6.07) is 0. The van der Waals surface area contributed by atoms with E-state index in [1.54, 1.807) is 6.92 Å². The van der Waals surface area contributed by atoms with Gasteiger partial charge in [0.25, 0.3) is 0 Å². The maximum absolute atomic E-state index is 11.6. The van der Waals surface area contributed by atoms with Gasteiger partial charge in [-0.25, -0.2) is 0 Å². The van der Waals surface area contributed by atoms with Crippen molar-refractivity contribution in [3.05, 3.63) is 0 Å². The standard InChI is InChI=1S/C27H46O6/c1-14(6-5-7-15(2)25(32)33)18-8-9-19-24-20(13-23(31)27(18,19)4)26(3)16(11-21(24)29)10-17(28)12-22(26)30/h14-24,28-31H,5-13H2,1-4H3,(H,32,33)/t14-,15-,16-,17+,18-,19+,20+,21-,22-,23+,24+,26+,27-/m1/s1. The Morgan fingerprint density at radius 1 is 0.879 bits per heavy atom. The highest BCUT2D eigenvalue weighted by Crippen LogP contribution is 2.68. The predicted octanol–water partition coefficient (Wildman–Crippen LogP) is 3.45. The second-order valence-corrected chi connectivity index (χ2v) is 12.7. The molecule has 0 heterocycles. The van der Waals surface area contributed by atoms with E-state index in [4.69, 9.17) is 0 Å². The van der Waals surface area contributed by atoms with Crippen LogP contribution in [0.5, 0.6) is 0 Å². The number of rotatable bonds is 6. The summed E-state index contributed by atoms with van der Waals surface area (Å²) in [6.45, 7) is 8.39. The minimum absolute atomic E-state index is 0.0623. The van der Waals surface area contributed by atoms with E-state index < -0.39 is 30.4 Å². The van der Waals surface area contributed by atoms with Gasteiger partial charge in [-0.1, -0.05) is 40.5 Å².